The summed E-state index contributed by atoms with van der Waals surface area (Å²) in [6.45, 7) is 2.32. The van der Waals surface area contributed by atoms with Crippen molar-refractivity contribution in [1.29, 1.82) is 0 Å². The first-order valence-electron chi connectivity index (χ1n) is 7.75. The summed E-state index contributed by atoms with van der Waals surface area (Å²) in [6, 6.07) is 12.9. The van der Waals surface area contributed by atoms with E-state index in [0.29, 0.717) is 27.7 Å². The maximum atomic E-state index is 12.0. The molecule has 0 spiro atoms. The number of thioether (sulfide) groups is 1. The highest BCUT2D eigenvalue weighted by atomic mass is 35.5. The molecule has 134 valence electrons. The van der Waals surface area contributed by atoms with Crippen LogP contribution in [0.4, 0.5) is 0 Å². The summed E-state index contributed by atoms with van der Waals surface area (Å²) < 4.78 is 5.60. The Kier molecular flexibility index (Phi) is 6.19. The molecule has 0 atom stereocenters. The van der Waals surface area contributed by atoms with E-state index < -0.39 is 0 Å². The molecule has 1 heterocycles. The SMILES string of the molecule is Cc1cccc(-c2nnc(SCC(=O)NCc3ccc(Cl)cc3Cl)o2)c1. The quantitative estimate of drug-likeness (QED) is 0.596. The Bertz CT molecular complexity index is 930. The zero-order valence-corrected chi connectivity index (χ0v) is 16.2. The molecule has 0 aliphatic heterocycles. The zero-order chi connectivity index (χ0) is 18.5. The van der Waals surface area contributed by atoms with E-state index in [1.165, 1.54) is 11.8 Å². The fourth-order valence-electron chi connectivity index (χ4n) is 2.20. The molecule has 1 amide bonds. The number of benzene rings is 2. The lowest BCUT2D eigenvalue weighted by Gasteiger charge is -2.06. The second-order valence-corrected chi connectivity index (χ2v) is 7.31. The van der Waals surface area contributed by atoms with Crippen LogP contribution < -0.4 is 5.32 Å². The molecule has 2 aromatic carbocycles. The van der Waals surface area contributed by atoms with Gasteiger partial charge in [0.2, 0.25) is 11.8 Å². The number of aromatic nitrogens is 2. The summed E-state index contributed by atoms with van der Waals surface area (Å²) in [5.74, 6) is 0.446. The fourth-order valence-corrected chi connectivity index (χ4v) is 3.27. The maximum Gasteiger partial charge on any atom is 0.277 e. The Morgan fingerprint density at radius 1 is 1.19 bits per heavy atom. The van der Waals surface area contributed by atoms with Gasteiger partial charge < -0.3 is 9.73 Å². The molecule has 3 aromatic rings. The minimum atomic E-state index is -0.156. The van der Waals surface area contributed by atoms with Gasteiger partial charge in [-0.25, -0.2) is 0 Å². The third kappa shape index (κ3) is 5.00. The Morgan fingerprint density at radius 2 is 2.04 bits per heavy atom. The normalized spacial score (nSPS) is 10.7. The van der Waals surface area contributed by atoms with Crippen molar-refractivity contribution in [2.24, 2.45) is 0 Å². The second-order valence-electron chi connectivity index (χ2n) is 5.54. The highest BCUT2D eigenvalue weighted by Gasteiger charge is 2.11. The third-order valence-corrected chi connectivity index (χ3v) is 4.89. The summed E-state index contributed by atoms with van der Waals surface area (Å²) in [5, 5.41) is 12.2. The van der Waals surface area contributed by atoms with Crippen LogP contribution in [0.15, 0.2) is 52.1 Å². The van der Waals surface area contributed by atoms with Crippen molar-refractivity contribution in [1.82, 2.24) is 15.5 Å². The van der Waals surface area contributed by atoms with Gasteiger partial charge in [0.1, 0.15) is 0 Å². The van der Waals surface area contributed by atoms with Crippen LogP contribution in [0.3, 0.4) is 0 Å². The van der Waals surface area contributed by atoms with Gasteiger partial charge in [0, 0.05) is 22.2 Å². The molecule has 5 nitrogen and oxygen atoms in total. The molecule has 0 bridgehead atoms. The van der Waals surface area contributed by atoms with Gasteiger partial charge in [-0.3, -0.25) is 4.79 Å². The van der Waals surface area contributed by atoms with Gasteiger partial charge >= 0.3 is 0 Å². The predicted octanol–water partition coefficient (Wildman–Crippen LogP) is 4.76. The van der Waals surface area contributed by atoms with E-state index in [0.717, 1.165) is 16.7 Å². The van der Waals surface area contributed by atoms with Crippen molar-refractivity contribution in [3.05, 3.63) is 63.6 Å². The molecule has 0 aliphatic rings. The standard InChI is InChI=1S/C18H15Cl2N3O2S/c1-11-3-2-4-12(7-11)17-22-23-18(25-17)26-10-16(24)21-9-13-5-6-14(19)8-15(13)20/h2-8H,9-10H2,1H3,(H,21,24). The van der Waals surface area contributed by atoms with Crippen LogP contribution in [0, 0.1) is 6.92 Å². The monoisotopic (exact) mass is 407 g/mol. The van der Waals surface area contributed by atoms with Crippen LogP contribution in [0.25, 0.3) is 11.5 Å². The van der Waals surface area contributed by atoms with Crippen molar-refractivity contribution in [3.8, 4) is 11.5 Å². The van der Waals surface area contributed by atoms with E-state index >= 15 is 0 Å². The largest absolute Gasteiger partial charge is 0.411 e. The maximum absolute atomic E-state index is 12.0. The van der Waals surface area contributed by atoms with Gasteiger partial charge in [-0.1, -0.05) is 58.7 Å². The van der Waals surface area contributed by atoms with E-state index in [1.54, 1.807) is 18.2 Å². The van der Waals surface area contributed by atoms with Crippen LogP contribution in [0.1, 0.15) is 11.1 Å². The van der Waals surface area contributed by atoms with Crippen LogP contribution in [-0.2, 0) is 11.3 Å². The lowest BCUT2D eigenvalue weighted by Crippen LogP contribution is -2.24. The first-order chi connectivity index (χ1) is 12.5. The highest BCUT2D eigenvalue weighted by molar-refractivity contribution is 7.99. The third-order valence-electron chi connectivity index (χ3n) is 3.49. The van der Waals surface area contributed by atoms with E-state index in [1.807, 2.05) is 31.2 Å². The summed E-state index contributed by atoms with van der Waals surface area (Å²) in [7, 11) is 0. The first-order valence-corrected chi connectivity index (χ1v) is 9.49. The van der Waals surface area contributed by atoms with Crippen LogP contribution >= 0.6 is 35.0 Å². The summed E-state index contributed by atoms with van der Waals surface area (Å²) in [6.07, 6.45) is 0. The molecule has 0 unspecified atom stereocenters. The number of aryl methyl sites for hydroxylation is 1. The number of hydrogen-bond acceptors (Lipinski definition) is 5. The average Bonchev–Trinajstić information content (AvgIpc) is 3.08. The lowest BCUT2D eigenvalue weighted by atomic mass is 10.1. The van der Waals surface area contributed by atoms with Gasteiger partial charge in [-0.15, -0.1) is 10.2 Å². The number of carbonyl (C=O) groups excluding carboxylic acids is 1. The number of carbonyl (C=O) groups is 1. The number of rotatable bonds is 6. The summed E-state index contributed by atoms with van der Waals surface area (Å²) in [4.78, 5) is 12.0. The number of nitrogens with zero attached hydrogens (tertiary/aromatic N) is 2. The minimum absolute atomic E-state index is 0.156. The van der Waals surface area contributed by atoms with Crippen molar-refractivity contribution < 1.29 is 9.21 Å². The van der Waals surface area contributed by atoms with Gasteiger partial charge in [-0.2, -0.15) is 0 Å². The number of nitrogens with one attached hydrogen (secondary N) is 1. The Labute approximate surface area is 165 Å². The topological polar surface area (TPSA) is 68.0 Å². The molecule has 1 aromatic heterocycles. The number of halogens is 2. The van der Waals surface area contributed by atoms with E-state index in [2.05, 4.69) is 15.5 Å². The molecule has 0 saturated heterocycles. The molecule has 3 rings (SSSR count). The Morgan fingerprint density at radius 3 is 2.81 bits per heavy atom. The minimum Gasteiger partial charge on any atom is -0.411 e. The van der Waals surface area contributed by atoms with Crippen LogP contribution in [-0.4, -0.2) is 21.9 Å². The van der Waals surface area contributed by atoms with Crippen molar-refractivity contribution >= 4 is 40.9 Å². The smallest absolute Gasteiger partial charge is 0.277 e. The predicted molar refractivity (Wildman–Crippen MR) is 104 cm³/mol. The average molecular weight is 408 g/mol. The molecule has 0 aliphatic carbocycles. The summed E-state index contributed by atoms with van der Waals surface area (Å²) >= 11 is 13.1. The van der Waals surface area contributed by atoms with Crippen LogP contribution in [0.2, 0.25) is 10.0 Å². The fraction of sp³-hybridized carbons (Fsp3) is 0.167. The molecular weight excluding hydrogens is 393 g/mol. The first kappa shape index (κ1) is 18.8. The molecule has 0 saturated carbocycles. The van der Waals surface area contributed by atoms with E-state index in [4.69, 9.17) is 27.6 Å². The summed E-state index contributed by atoms with van der Waals surface area (Å²) in [5.41, 5.74) is 2.76. The Hall–Kier alpha value is -2.02. The van der Waals surface area contributed by atoms with Gasteiger partial charge in [0.25, 0.3) is 5.22 Å². The van der Waals surface area contributed by atoms with Crippen molar-refractivity contribution in [3.63, 3.8) is 0 Å². The Balaban J connectivity index is 1.52. The zero-order valence-electron chi connectivity index (χ0n) is 13.8. The lowest BCUT2D eigenvalue weighted by molar-refractivity contribution is -0.118. The van der Waals surface area contributed by atoms with Gasteiger partial charge in [-0.05, 0) is 36.8 Å². The van der Waals surface area contributed by atoms with Gasteiger partial charge in [0.15, 0.2) is 0 Å². The van der Waals surface area contributed by atoms with E-state index in [-0.39, 0.29) is 11.7 Å². The number of hydrogen-bond donors (Lipinski definition) is 1. The molecule has 0 radical (unpaired) electrons. The molecule has 0 fully saturated rings. The second kappa shape index (κ2) is 8.58. The molecule has 8 heteroatoms. The van der Waals surface area contributed by atoms with Crippen molar-refractivity contribution in [2.45, 2.75) is 18.7 Å². The highest BCUT2D eigenvalue weighted by Crippen LogP contribution is 2.24. The van der Waals surface area contributed by atoms with E-state index in [9.17, 15) is 4.79 Å². The molecule has 1 N–H and O–H groups in total. The van der Waals surface area contributed by atoms with Crippen LogP contribution in [0.5, 0.6) is 0 Å². The van der Waals surface area contributed by atoms with Crippen molar-refractivity contribution in [2.75, 3.05) is 5.75 Å². The molecular formula is C18H15Cl2N3O2S. The number of amides is 1. The van der Waals surface area contributed by atoms with Gasteiger partial charge in [0.05, 0.1) is 5.75 Å². The molecule has 26 heavy (non-hydrogen) atoms.